The van der Waals surface area contributed by atoms with Crippen LogP contribution in [0.15, 0.2) is 18.2 Å². The third-order valence-corrected chi connectivity index (χ3v) is 2.54. The van der Waals surface area contributed by atoms with E-state index in [1.807, 2.05) is 0 Å². The van der Waals surface area contributed by atoms with E-state index in [4.69, 9.17) is 23.2 Å². The van der Waals surface area contributed by atoms with E-state index in [1.165, 1.54) is 12.1 Å². The highest BCUT2D eigenvalue weighted by Gasteiger charge is 2.10. The molecule has 0 aliphatic rings. The highest BCUT2D eigenvalue weighted by molar-refractivity contribution is 6.39. The van der Waals surface area contributed by atoms with Crippen molar-refractivity contribution < 1.29 is 4.39 Å². The summed E-state index contributed by atoms with van der Waals surface area (Å²) in [6.07, 6.45) is 0. The number of aryl methyl sites for hydroxylation is 1. The van der Waals surface area contributed by atoms with E-state index in [1.54, 1.807) is 13.0 Å². The Labute approximate surface area is 90.5 Å². The maximum atomic E-state index is 13.4. The molecule has 2 aromatic rings. The molecule has 0 fully saturated rings. The van der Waals surface area contributed by atoms with Gasteiger partial charge in [-0.15, -0.1) is 0 Å². The predicted molar refractivity (Wildman–Crippen MR) is 56.5 cm³/mol. The van der Waals surface area contributed by atoms with Gasteiger partial charge < -0.3 is 0 Å². The summed E-state index contributed by atoms with van der Waals surface area (Å²) < 4.78 is 13.4. The van der Waals surface area contributed by atoms with E-state index < -0.39 is 5.82 Å². The number of nitrogens with zero attached hydrogens (tertiary/aromatic N) is 1. The van der Waals surface area contributed by atoms with E-state index >= 15 is 0 Å². The molecule has 0 amide bonds. The van der Waals surface area contributed by atoms with Gasteiger partial charge >= 0.3 is 0 Å². The first kappa shape index (κ1) is 9.69. The summed E-state index contributed by atoms with van der Waals surface area (Å²) in [7, 11) is 0. The lowest BCUT2D eigenvalue weighted by molar-refractivity contribution is 0.639. The monoisotopic (exact) mass is 229 g/mol. The van der Waals surface area contributed by atoms with E-state index in [0.717, 1.165) is 5.69 Å². The summed E-state index contributed by atoms with van der Waals surface area (Å²) in [6, 6.07) is 4.37. The maximum absolute atomic E-state index is 13.4. The quantitative estimate of drug-likeness (QED) is 0.666. The van der Waals surface area contributed by atoms with Gasteiger partial charge in [0.25, 0.3) is 0 Å². The average molecular weight is 230 g/mol. The minimum atomic E-state index is -0.401. The first-order valence-corrected chi connectivity index (χ1v) is 4.76. The normalized spacial score (nSPS) is 10.9. The van der Waals surface area contributed by atoms with Gasteiger partial charge in [0.1, 0.15) is 5.82 Å². The van der Waals surface area contributed by atoms with Crippen LogP contribution < -0.4 is 0 Å². The van der Waals surface area contributed by atoms with Crippen molar-refractivity contribution in [1.29, 1.82) is 0 Å². The largest absolute Gasteiger partial charge is 0.251 e. The van der Waals surface area contributed by atoms with E-state index in [2.05, 4.69) is 4.98 Å². The fourth-order valence-corrected chi connectivity index (χ4v) is 1.88. The number of hydrogen-bond acceptors (Lipinski definition) is 1. The molecule has 1 aromatic carbocycles. The summed E-state index contributed by atoms with van der Waals surface area (Å²) in [5.74, 6) is -0.401. The molecule has 0 spiro atoms. The SMILES string of the molecule is Cc1cc(Cl)c2c(F)ccc(Cl)c2n1. The van der Waals surface area contributed by atoms with Gasteiger partial charge in [-0.05, 0) is 25.1 Å². The molecule has 14 heavy (non-hydrogen) atoms. The minimum absolute atomic E-state index is 0.282. The molecule has 0 unspecified atom stereocenters. The third kappa shape index (κ3) is 1.45. The van der Waals surface area contributed by atoms with Gasteiger partial charge in [-0.25, -0.2) is 4.39 Å². The molecule has 0 radical (unpaired) electrons. The Kier molecular flexibility index (Phi) is 2.33. The lowest BCUT2D eigenvalue weighted by Crippen LogP contribution is -1.88. The zero-order chi connectivity index (χ0) is 10.3. The van der Waals surface area contributed by atoms with Crippen molar-refractivity contribution >= 4 is 34.1 Å². The van der Waals surface area contributed by atoms with Crippen LogP contribution in [0.2, 0.25) is 10.0 Å². The van der Waals surface area contributed by atoms with Crippen LogP contribution >= 0.6 is 23.2 Å². The first-order valence-electron chi connectivity index (χ1n) is 4.00. The van der Waals surface area contributed by atoms with Crippen molar-refractivity contribution in [3.63, 3.8) is 0 Å². The van der Waals surface area contributed by atoms with Gasteiger partial charge in [-0.3, -0.25) is 4.98 Å². The van der Waals surface area contributed by atoms with Crippen LogP contribution in [0.25, 0.3) is 10.9 Å². The Balaban J connectivity index is 3.00. The Bertz CT molecular complexity index is 511. The van der Waals surface area contributed by atoms with Crippen LogP contribution in [0, 0.1) is 12.7 Å². The molecule has 2 rings (SSSR count). The lowest BCUT2D eigenvalue weighted by atomic mass is 10.2. The number of rotatable bonds is 0. The number of fused-ring (bicyclic) bond motifs is 1. The maximum Gasteiger partial charge on any atom is 0.134 e. The third-order valence-electron chi connectivity index (χ3n) is 1.94. The standard InChI is InChI=1S/C10H6Cl2FN/c1-5-4-7(12)9-8(13)3-2-6(11)10(9)14-5/h2-4H,1H3. The van der Waals surface area contributed by atoms with Crippen molar-refractivity contribution in [2.24, 2.45) is 0 Å². The smallest absolute Gasteiger partial charge is 0.134 e. The van der Waals surface area contributed by atoms with Crippen molar-refractivity contribution in [2.75, 3.05) is 0 Å². The molecule has 0 bridgehead atoms. The molecule has 0 saturated heterocycles. The fourth-order valence-electron chi connectivity index (χ4n) is 1.34. The number of halogens is 3. The van der Waals surface area contributed by atoms with Crippen LogP contribution in [-0.2, 0) is 0 Å². The van der Waals surface area contributed by atoms with Crippen molar-refractivity contribution in [3.8, 4) is 0 Å². The van der Waals surface area contributed by atoms with Gasteiger partial charge in [0, 0.05) is 5.69 Å². The summed E-state index contributed by atoms with van der Waals surface area (Å²) in [6.45, 7) is 1.78. The first-order chi connectivity index (χ1) is 6.59. The van der Waals surface area contributed by atoms with E-state index in [9.17, 15) is 4.39 Å². The second-order valence-corrected chi connectivity index (χ2v) is 3.81. The number of pyridine rings is 1. The summed E-state index contributed by atoms with van der Waals surface area (Å²) in [5, 5.41) is 1.03. The lowest BCUT2D eigenvalue weighted by Gasteiger charge is -2.04. The highest BCUT2D eigenvalue weighted by atomic mass is 35.5. The molecule has 1 heterocycles. The van der Waals surface area contributed by atoms with Crippen LogP contribution in [-0.4, -0.2) is 4.98 Å². The second kappa shape index (κ2) is 3.37. The van der Waals surface area contributed by atoms with Gasteiger partial charge in [0.05, 0.1) is 20.9 Å². The summed E-state index contributed by atoms with van der Waals surface area (Å²) in [4.78, 5) is 4.14. The van der Waals surface area contributed by atoms with Crippen LogP contribution in [0.5, 0.6) is 0 Å². The Hall–Kier alpha value is -0.860. The summed E-state index contributed by atoms with van der Waals surface area (Å²) in [5.41, 5.74) is 1.13. The van der Waals surface area contributed by atoms with Crippen molar-refractivity contribution in [3.05, 3.63) is 39.8 Å². The van der Waals surface area contributed by atoms with Gasteiger partial charge in [0.15, 0.2) is 0 Å². The van der Waals surface area contributed by atoms with Crippen LogP contribution in [0.4, 0.5) is 4.39 Å². The molecule has 0 saturated carbocycles. The number of aromatic nitrogens is 1. The molecule has 0 atom stereocenters. The van der Waals surface area contributed by atoms with Crippen LogP contribution in [0.3, 0.4) is 0 Å². The summed E-state index contributed by atoms with van der Waals surface area (Å²) >= 11 is 11.8. The molecule has 72 valence electrons. The molecule has 1 nitrogen and oxygen atoms in total. The predicted octanol–water partition coefficient (Wildman–Crippen LogP) is 3.99. The highest BCUT2D eigenvalue weighted by Crippen LogP contribution is 2.30. The molecular weight excluding hydrogens is 224 g/mol. The molecule has 1 aromatic heterocycles. The average Bonchev–Trinajstić information content (AvgIpc) is 2.10. The molecule has 4 heteroatoms. The molecule has 0 aliphatic heterocycles. The molecule has 0 N–H and O–H groups in total. The Morgan fingerprint density at radius 2 is 1.93 bits per heavy atom. The minimum Gasteiger partial charge on any atom is -0.251 e. The molecule has 0 aliphatic carbocycles. The Morgan fingerprint density at radius 1 is 1.21 bits per heavy atom. The van der Waals surface area contributed by atoms with Crippen molar-refractivity contribution in [1.82, 2.24) is 4.98 Å². The molecular formula is C10H6Cl2FN. The van der Waals surface area contributed by atoms with Gasteiger partial charge in [-0.2, -0.15) is 0 Å². The number of hydrogen-bond donors (Lipinski definition) is 0. The fraction of sp³-hybridized carbons (Fsp3) is 0.100. The topological polar surface area (TPSA) is 12.9 Å². The van der Waals surface area contributed by atoms with E-state index in [0.29, 0.717) is 15.6 Å². The van der Waals surface area contributed by atoms with E-state index in [-0.39, 0.29) is 5.39 Å². The van der Waals surface area contributed by atoms with Crippen LogP contribution in [0.1, 0.15) is 5.69 Å². The zero-order valence-electron chi connectivity index (χ0n) is 7.31. The second-order valence-electron chi connectivity index (χ2n) is 3.00. The van der Waals surface area contributed by atoms with Gasteiger partial charge in [-0.1, -0.05) is 23.2 Å². The number of benzene rings is 1. The van der Waals surface area contributed by atoms with Gasteiger partial charge in [0.2, 0.25) is 0 Å². The van der Waals surface area contributed by atoms with Crippen molar-refractivity contribution in [2.45, 2.75) is 6.92 Å². The zero-order valence-corrected chi connectivity index (χ0v) is 8.83. The Morgan fingerprint density at radius 3 is 2.64 bits per heavy atom.